The molecule has 0 saturated carbocycles. The lowest BCUT2D eigenvalue weighted by molar-refractivity contribution is 0.590. The average Bonchev–Trinajstić information content (AvgIpc) is 3.01. The van der Waals surface area contributed by atoms with Gasteiger partial charge in [0.05, 0.1) is 0 Å². The minimum absolute atomic E-state index is 0.0413. The molecule has 0 nitrogen and oxygen atoms in total. The lowest BCUT2D eigenvalue weighted by atomic mass is 9.80. The van der Waals surface area contributed by atoms with Crippen LogP contribution in [0, 0.1) is 27.7 Å². The van der Waals surface area contributed by atoms with Gasteiger partial charge in [0.1, 0.15) is 0 Å². The van der Waals surface area contributed by atoms with E-state index in [4.69, 9.17) is 0 Å². The van der Waals surface area contributed by atoms with Gasteiger partial charge in [0.15, 0.2) is 0 Å². The molecule has 0 amide bonds. The van der Waals surface area contributed by atoms with Gasteiger partial charge >= 0.3 is 0 Å². The highest BCUT2D eigenvalue weighted by Gasteiger charge is 2.35. The average molecular weight is 459 g/mol. The molecular formula is C35H38. The summed E-state index contributed by atoms with van der Waals surface area (Å²) in [6, 6.07) is 25.6. The summed E-state index contributed by atoms with van der Waals surface area (Å²) >= 11 is 0. The molecule has 0 radical (unpaired) electrons. The Morgan fingerprint density at radius 1 is 0.486 bits per heavy atom. The number of rotatable bonds is 2. The molecule has 35 heavy (non-hydrogen) atoms. The Hall–Kier alpha value is -3.12. The normalized spacial score (nSPS) is 14.1. The predicted octanol–water partition coefficient (Wildman–Crippen LogP) is 9.86. The van der Waals surface area contributed by atoms with Crippen LogP contribution in [0.25, 0.3) is 33.4 Å². The van der Waals surface area contributed by atoms with Gasteiger partial charge in [-0.15, -0.1) is 0 Å². The third kappa shape index (κ3) is 3.75. The number of fused-ring (bicyclic) bond motifs is 3. The van der Waals surface area contributed by atoms with Crippen molar-refractivity contribution < 1.29 is 0 Å². The van der Waals surface area contributed by atoms with Gasteiger partial charge in [-0.2, -0.15) is 0 Å². The standard InChI is InChI=1S/C35H38/c1-21-14-15-25(34(5,6)7)19-29(21)27-16-23(3)28(17-22(27)2)30-20-31-26-12-10-11-13-32(26)35(8,9)33(31)18-24(30)4/h10-20H,1-9H3. The monoisotopic (exact) mass is 458 g/mol. The van der Waals surface area contributed by atoms with Crippen LogP contribution in [0.15, 0.2) is 66.7 Å². The zero-order valence-electron chi connectivity index (χ0n) is 22.9. The summed E-state index contributed by atoms with van der Waals surface area (Å²) in [5, 5.41) is 0. The SMILES string of the molecule is Cc1ccc(C(C)(C)C)cc1-c1cc(C)c(-c2cc3c(cc2C)C(C)(C)c2ccccc2-3)cc1C. The van der Waals surface area contributed by atoms with Crippen molar-refractivity contribution in [3.8, 4) is 33.4 Å². The van der Waals surface area contributed by atoms with Crippen molar-refractivity contribution in [3.63, 3.8) is 0 Å². The van der Waals surface area contributed by atoms with E-state index in [0.717, 1.165) is 0 Å². The molecule has 178 valence electrons. The summed E-state index contributed by atoms with van der Waals surface area (Å²) in [6.07, 6.45) is 0. The Morgan fingerprint density at radius 2 is 1.03 bits per heavy atom. The highest BCUT2D eigenvalue weighted by atomic mass is 14.4. The van der Waals surface area contributed by atoms with Crippen molar-refractivity contribution >= 4 is 0 Å². The van der Waals surface area contributed by atoms with E-state index in [1.165, 1.54) is 72.3 Å². The van der Waals surface area contributed by atoms with Crippen molar-refractivity contribution in [2.45, 2.75) is 73.1 Å². The number of hydrogen-bond donors (Lipinski definition) is 0. The van der Waals surface area contributed by atoms with Gasteiger partial charge < -0.3 is 0 Å². The summed E-state index contributed by atoms with van der Waals surface area (Å²) in [5.74, 6) is 0. The van der Waals surface area contributed by atoms with Crippen LogP contribution in [0.1, 0.15) is 73.6 Å². The summed E-state index contributed by atoms with van der Waals surface area (Å²) in [4.78, 5) is 0. The maximum Gasteiger partial charge on any atom is 0.0158 e. The smallest absolute Gasteiger partial charge is 0.0158 e. The van der Waals surface area contributed by atoms with Gasteiger partial charge in [0.2, 0.25) is 0 Å². The molecule has 0 N–H and O–H groups in total. The van der Waals surface area contributed by atoms with Crippen LogP contribution in [0.5, 0.6) is 0 Å². The van der Waals surface area contributed by atoms with Crippen LogP contribution in [0.3, 0.4) is 0 Å². The Labute approximate surface area is 212 Å². The van der Waals surface area contributed by atoms with Gasteiger partial charge in [-0.3, -0.25) is 0 Å². The van der Waals surface area contributed by atoms with Crippen LogP contribution < -0.4 is 0 Å². The molecule has 4 aromatic carbocycles. The maximum atomic E-state index is 2.45. The van der Waals surface area contributed by atoms with Crippen molar-refractivity contribution in [1.29, 1.82) is 0 Å². The first-order valence-electron chi connectivity index (χ1n) is 12.9. The van der Waals surface area contributed by atoms with Gasteiger partial charge in [-0.25, -0.2) is 0 Å². The second-order valence-corrected chi connectivity index (χ2v) is 12.1. The predicted molar refractivity (Wildman–Crippen MR) is 153 cm³/mol. The quantitative estimate of drug-likeness (QED) is 0.280. The van der Waals surface area contributed by atoms with E-state index in [0.29, 0.717) is 0 Å². The third-order valence-electron chi connectivity index (χ3n) is 8.18. The van der Waals surface area contributed by atoms with E-state index >= 15 is 0 Å². The Bertz CT molecular complexity index is 1470. The Kier molecular flexibility index (Phi) is 5.37. The van der Waals surface area contributed by atoms with Crippen molar-refractivity contribution in [2.75, 3.05) is 0 Å². The van der Waals surface area contributed by atoms with E-state index in [2.05, 4.69) is 129 Å². The number of hydrogen-bond acceptors (Lipinski definition) is 0. The van der Waals surface area contributed by atoms with E-state index in [1.54, 1.807) is 0 Å². The van der Waals surface area contributed by atoms with Crippen molar-refractivity contribution in [3.05, 3.63) is 106 Å². The molecule has 0 heteroatoms. The van der Waals surface area contributed by atoms with E-state index in [9.17, 15) is 0 Å². The molecule has 1 aliphatic rings. The minimum Gasteiger partial charge on any atom is -0.0619 e. The fourth-order valence-corrected chi connectivity index (χ4v) is 5.92. The van der Waals surface area contributed by atoms with Crippen molar-refractivity contribution in [1.82, 2.24) is 0 Å². The molecule has 0 heterocycles. The Balaban J connectivity index is 1.67. The van der Waals surface area contributed by atoms with Crippen molar-refractivity contribution in [2.24, 2.45) is 0 Å². The molecular weight excluding hydrogens is 420 g/mol. The molecule has 0 unspecified atom stereocenters. The fourth-order valence-electron chi connectivity index (χ4n) is 5.92. The molecule has 0 atom stereocenters. The lowest BCUT2D eigenvalue weighted by Gasteiger charge is -2.23. The minimum atomic E-state index is 0.0413. The second-order valence-electron chi connectivity index (χ2n) is 12.1. The van der Waals surface area contributed by atoms with Gasteiger partial charge in [0, 0.05) is 5.41 Å². The van der Waals surface area contributed by atoms with Gasteiger partial charge in [0.25, 0.3) is 0 Å². The zero-order chi connectivity index (χ0) is 25.3. The lowest BCUT2D eigenvalue weighted by Crippen LogP contribution is -2.15. The molecule has 1 aliphatic carbocycles. The van der Waals surface area contributed by atoms with Crippen LogP contribution in [-0.4, -0.2) is 0 Å². The highest BCUT2D eigenvalue weighted by Crippen LogP contribution is 2.50. The second kappa shape index (κ2) is 7.95. The molecule has 0 saturated heterocycles. The van der Waals surface area contributed by atoms with Crippen LogP contribution in [0.4, 0.5) is 0 Å². The van der Waals surface area contributed by atoms with E-state index < -0.39 is 0 Å². The van der Waals surface area contributed by atoms with Crippen LogP contribution in [0.2, 0.25) is 0 Å². The molecule has 0 aliphatic heterocycles. The van der Waals surface area contributed by atoms with Crippen LogP contribution >= 0.6 is 0 Å². The van der Waals surface area contributed by atoms with Crippen LogP contribution in [-0.2, 0) is 10.8 Å². The summed E-state index contributed by atoms with van der Waals surface area (Å²) in [6.45, 7) is 20.6. The summed E-state index contributed by atoms with van der Waals surface area (Å²) < 4.78 is 0. The largest absolute Gasteiger partial charge is 0.0619 e. The summed E-state index contributed by atoms with van der Waals surface area (Å²) in [5.41, 5.74) is 18.0. The first-order valence-corrected chi connectivity index (χ1v) is 12.9. The third-order valence-corrected chi connectivity index (χ3v) is 8.18. The number of benzene rings is 4. The first kappa shape index (κ1) is 23.6. The molecule has 0 bridgehead atoms. The molecule has 4 aromatic rings. The molecule has 0 spiro atoms. The van der Waals surface area contributed by atoms with E-state index in [1.807, 2.05) is 0 Å². The van der Waals surface area contributed by atoms with Gasteiger partial charge in [-0.1, -0.05) is 95.3 Å². The zero-order valence-corrected chi connectivity index (χ0v) is 22.9. The molecule has 0 fully saturated rings. The summed E-state index contributed by atoms with van der Waals surface area (Å²) in [7, 11) is 0. The maximum absolute atomic E-state index is 2.45. The molecule has 5 rings (SSSR count). The van der Waals surface area contributed by atoms with E-state index in [-0.39, 0.29) is 10.8 Å². The number of aryl methyl sites for hydroxylation is 4. The first-order chi connectivity index (χ1) is 16.4. The Morgan fingerprint density at radius 3 is 1.66 bits per heavy atom. The topological polar surface area (TPSA) is 0 Å². The fraction of sp³-hybridized carbons (Fsp3) is 0.314. The molecule has 0 aromatic heterocycles. The van der Waals surface area contributed by atoms with Gasteiger partial charge in [-0.05, 0) is 112 Å². The highest BCUT2D eigenvalue weighted by molar-refractivity contribution is 5.87.